The third-order valence-electron chi connectivity index (χ3n) is 2.65. The van der Waals surface area contributed by atoms with Gasteiger partial charge in [0.25, 0.3) is 0 Å². The van der Waals surface area contributed by atoms with Gasteiger partial charge in [-0.15, -0.1) is 0 Å². The maximum absolute atomic E-state index is 5.67. The summed E-state index contributed by atoms with van der Waals surface area (Å²) in [5, 5.41) is 3.34. The van der Waals surface area contributed by atoms with Gasteiger partial charge in [-0.2, -0.15) is 0 Å². The lowest BCUT2D eigenvalue weighted by Crippen LogP contribution is -2.42. The summed E-state index contributed by atoms with van der Waals surface area (Å²) in [4.78, 5) is 2.43. The molecule has 0 spiro atoms. The number of piperazine rings is 1. The molecule has 0 saturated carbocycles. The van der Waals surface area contributed by atoms with Crippen LogP contribution in [-0.2, 0) is 13.0 Å². The Kier molecular flexibility index (Phi) is 3.22. The van der Waals surface area contributed by atoms with Crippen molar-refractivity contribution in [3.8, 4) is 0 Å². The van der Waals surface area contributed by atoms with Gasteiger partial charge < -0.3 is 9.73 Å². The van der Waals surface area contributed by atoms with E-state index in [2.05, 4.69) is 29.3 Å². The molecule has 0 atom stereocenters. The summed E-state index contributed by atoms with van der Waals surface area (Å²) in [6.07, 6.45) is 0.988. The van der Waals surface area contributed by atoms with E-state index in [1.807, 2.05) is 0 Å². The van der Waals surface area contributed by atoms with Crippen LogP contribution in [0.4, 0.5) is 0 Å². The molecule has 14 heavy (non-hydrogen) atoms. The minimum absolute atomic E-state index is 0.960. The highest BCUT2D eigenvalue weighted by Crippen LogP contribution is 2.11. The van der Waals surface area contributed by atoms with E-state index in [9.17, 15) is 0 Å². The molecule has 1 aromatic heterocycles. The van der Waals surface area contributed by atoms with Gasteiger partial charge in [-0.25, -0.2) is 0 Å². The summed E-state index contributed by atoms with van der Waals surface area (Å²) in [6, 6.07) is 4.18. The van der Waals surface area contributed by atoms with Crippen LogP contribution in [0.2, 0.25) is 0 Å². The van der Waals surface area contributed by atoms with E-state index >= 15 is 0 Å². The van der Waals surface area contributed by atoms with Crippen LogP contribution in [0, 0.1) is 0 Å². The van der Waals surface area contributed by atoms with Crippen LogP contribution >= 0.6 is 0 Å². The van der Waals surface area contributed by atoms with Gasteiger partial charge in [0.15, 0.2) is 0 Å². The van der Waals surface area contributed by atoms with Crippen LogP contribution in [0.3, 0.4) is 0 Å². The van der Waals surface area contributed by atoms with Crippen molar-refractivity contribution < 1.29 is 4.42 Å². The van der Waals surface area contributed by atoms with Crippen molar-refractivity contribution in [3.05, 3.63) is 23.7 Å². The molecule has 0 aromatic carbocycles. The third kappa shape index (κ3) is 2.36. The fraction of sp³-hybridized carbons (Fsp3) is 0.636. The highest BCUT2D eigenvalue weighted by atomic mass is 16.3. The molecule has 1 aromatic rings. The Morgan fingerprint density at radius 1 is 1.29 bits per heavy atom. The molecule has 0 unspecified atom stereocenters. The molecule has 78 valence electrons. The number of hydrogen-bond donors (Lipinski definition) is 1. The minimum Gasteiger partial charge on any atom is -0.465 e. The number of furan rings is 1. The first kappa shape index (κ1) is 9.74. The van der Waals surface area contributed by atoms with E-state index < -0.39 is 0 Å². The van der Waals surface area contributed by atoms with E-state index in [0.29, 0.717) is 0 Å². The Bertz CT molecular complexity index is 277. The molecule has 0 amide bonds. The first-order valence-corrected chi connectivity index (χ1v) is 5.39. The molecule has 1 fully saturated rings. The van der Waals surface area contributed by atoms with E-state index in [4.69, 9.17) is 4.42 Å². The summed E-state index contributed by atoms with van der Waals surface area (Å²) in [6.45, 7) is 7.53. The van der Waals surface area contributed by atoms with Crippen LogP contribution in [-0.4, -0.2) is 31.1 Å². The molecule has 1 aliphatic rings. The largest absolute Gasteiger partial charge is 0.465 e. The van der Waals surface area contributed by atoms with Gasteiger partial charge in [0.1, 0.15) is 11.5 Å². The summed E-state index contributed by atoms with van der Waals surface area (Å²) < 4.78 is 5.67. The first-order chi connectivity index (χ1) is 6.88. The maximum atomic E-state index is 5.67. The highest BCUT2D eigenvalue weighted by molar-refractivity contribution is 5.07. The highest BCUT2D eigenvalue weighted by Gasteiger charge is 2.11. The van der Waals surface area contributed by atoms with Gasteiger partial charge in [-0.1, -0.05) is 6.92 Å². The Morgan fingerprint density at radius 2 is 2.00 bits per heavy atom. The minimum atomic E-state index is 0.960. The second-order valence-corrected chi connectivity index (χ2v) is 3.75. The van der Waals surface area contributed by atoms with Crippen molar-refractivity contribution in [2.45, 2.75) is 19.9 Å². The van der Waals surface area contributed by atoms with Crippen molar-refractivity contribution in [2.24, 2.45) is 0 Å². The maximum Gasteiger partial charge on any atom is 0.118 e. The topological polar surface area (TPSA) is 28.4 Å². The van der Waals surface area contributed by atoms with Crippen LogP contribution in [0.25, 0.3) is 0 Å². The molecule has 3 nitrogen and oxygen atoms in total. The molecule has 1 aliphatic heterocycles. The second kappa shape index (κ2) is 4.62. The first-order valence-electron chi connectivity index (χ1n) is 5.39. The predicted octanol–water partition coefficient (Wildman–Crippen LogP) is 1.25. The van der Waals surface area contributed by atoms with Gasteiger partial charge >= 0.3 is 0 Å². The van der Waals surface area contributed by atoms with Crippen molar-refractivity contribution >= 4 is 0 Å². The molecule has 1 N–H and O–H groups in total. The van der Waals surface area contributed by atoms with Crippen LogP contribution < -0.4 is 5.32 Å². The summed E-state index contributed by atoms with van der Waals surface area (Å²) in [5.41, 5.74) is 0. The van der Waals surface area contributed by atoms with Crippen LogP contribution in [0.15, 0.2) is 16.5 Å². The lowest BCUT2D eigenvalue weighted by molar-refractivity contribution is 0.214. The molecule has 0 aliphatic carbocycles. The summed E-state index contributed by atoms with van der Waals surface area (Å²) in [7, 11) is 0. The molecule has 3 heteroatoms. The van der Waals surface area contributed by atoms with E-state index in [0.717, 1.165) is 50.7 Å². The van der Waals surface area contributed by atoms with Gasteiger partial charge in [0.05, 0.1) is 6.54 Å². The van der Waals surface area contributed by atoms with Crippen LogP contribution in [0.1, 0.15) is 18.4 Å². The quantitative estimate of drug-likeness (QED) is 0.785. The van der Waals surface area contributed by atoms with Gasteiger partial charge in [0.2, 0.25) is 0 Å². The SMILES string of the molecule is CCc1ccc(CN2CCNCC2)o1. The van der Waals surface area contributed by atoms with Crippen molar-refractivity contribution in [2.75, 3.05) is 26.2 Å². The number of aryl methyl sites for hydroxylation is 1. The summed E-state index contributed by atoms with van der Waals surface area (Å²) in [5.74, 6) is 2.19. The molecular weight excluding hydrogens is 176 g/mol. The van der Waals surface area contributed by atoms with E-state index in [1.165, 1.54) is 0 Å². The third-order valence-corrected chi connectivity index (χ3v) is 2.65. The smallest absolute Gasteiger partial charge is 0.118 e. The fourth-order valence-corrected chi connectivity index (χ4v) is 1.79. The predicted molar refractivity (Wildman–Crippen MR) is 56.2 cm³/mol. The Morgan fingerprint density at radius 3 is 2.64 bits per heavy atom. The van der Waals surface area contributed by atoms with E-state index in [1.54, 1.807) is 0 Å². The van der Waals surface area contributed by atoms with Gasteiger partial charge in [-0.05, 0) is 12.1 Å². The normalized spacial score (nSPS) is 18.6. The zero-order valence-corrected chi connectivity index (χ0v) is 8.75. The molecular formula is C11H18N2O. The van der Waals surface area contributed by atoms with Crippen molar-refractivity contribution in [1.29, 1.82) is 0 Å². The van der Waals surface area contributed by atoms with E-state index in [-0.39, 0.29) is 0 Å². The van der Waals surface area contributed by atoms with Crippen molar-refractivity contribution in [3.63, 3.8) is 0 Å². The molecule has 2 rings (SSSR count). The molecule has 0 radical (unpaired) electrons. The van der Waals surface area contributed by atoms with Crippen molar-refractivity contribution in [1.82, 2.24) is 10.2 Å². The Balaban J connectivity index is 1.89. The fourth-order valence-electron chi connectivity index (χ4n) is 1.79. The number of hydrogen-bond acceptors (Lipinski definition) is 3. The standard InChI is InChI=1S/C11H18N2O/c1-2-10-3-4-11(14-10)9-13-7-5-12-6-8-13/h3-4,12H,2,5-9H2,1H3. The average Bonchev–Trinajstić information content (AvgIpc) is 2.67. The monoisotopic (exact) mass is 194 g/mol. The molecule has 1 saturated heterocycles. The number of nitrogens with one attached hydrogen (secondary N) is 1. The molecule has 0 bridgehead atoms. The summed E-state index contributed by atoms with van der Waals surface area (Å²) >= 11 is 0. The second-order valence-electron chi connectivity index (χ2n) is 3.75. The molecule has 2 heterocycles. The number of rotatable bonds is 3. The lowest BCUT2D eigenvalue weighted by Gasteiger charge is -2.26. The lowest BCUT2D eigenvalue weighted by atomic mass is 10.3. The van der Waals surface area contributed by atoms with Crippen LogP contribution in [0.5, 0.6) is 0 Å². The number of nitrogens with zero attached hydrogens (tertiary/aromatic N) is 1. The Hall–Kier alpha value is -0.800. The Labute approximate surface area is 85.1 Å². The zero-order chi connectivity index (χ0) is 9.80. The van der Waals surface area contributed by atoms with Gasteiger partial charge in [-0.3, -0.25) is 4.90 Å². The van der Waals surface area contributed by atoms with Gasteiger partial charge in [0, 0.05) is 32.6 Å². The zero-order valence-electron chi connectivity index (χ0n) is 8.75. The average molecular weight is 194 g/mol.